The van der Waals surface area contributed by atoms with Crippen LogP contribution in [0, 0.1) is 11.8 Å². The first-order valence-corrected chi connectivity index (χ1v) is 11.6. The smallest absolute Gasteiger partial charge is 0.183 e. The summed E-state index contributed by atoms with van der Waals surface area (Å²) in [6.45, 7) is 6.23. The number of hydrogen-bond acceptors (Lipinski definition) is 2. The highest BCUT2D eigenvalue weighted by atomic mass is 16.7. The Bertz CT molecular complexity index is 508. The molecule has 152 valence electrons. The van der Waals surface area contributed by atoms with Gasteiger partial charge in [0.2, 0.25) is 0 Å². The molecule has 2 heteroatoms. The lowest BCUT2D eigenvalue weighted by atomic mass is 9.77. The molecular weight excluding hydrogens is 332 g/mol. The van der Waals surface area contributed by atoms with E-state index in [0.29, 0.717) is 5.92 Å². The van der Waals surface area contributed by atoms with Crippen molar-refractivity contribution in [1.82, 2.24) is 0 Å². The quantitative estimate of drug-likeness (QED) is 0.421. The van der Waals surface area contributed by atoms with Gasteiger partial charge in [0.1, 0.15) is 0 Å². The number of hydrogen-bond donors (Lipinski definition) is 0. The van der Waals surface area contributed by atoms with Crippen LogP contribution in [0.2, 0.25) is 0 Å². The SMILES string of the molecule is CCCCCC1CCC(c2ccc(C3OCC(CCCC)CO3)cc2)CC1. The lowest BCUT2D eigenvalue weighted by molar-refractivity contribution is -0.206. The fourth-order valence-electron chi connectivity index (χ4n) is 4.79. The van der Waals surface area contributed by atoms with Gasteiger partial charge in [0.05, 0.1) is 13.2 Å². The molecule has 0 aromatic heterocycles. The fourth-order valence-corrected chi connectivity index (χ4v) is 4.79. The van der Waals surface area contributed by atoms with Gasteiger partial charge in [-0.15, -0.1) is 0 Å². The van der Waals surface area contributed by atoms with Gasteiger partial charge in [0, 0.05) is 11.5 Å². The van der Waals surface area contributed by atoms with Crippen LogP contribution in [0.5, 0.6) is 0 Å². The van der Waals surface area contributed by atoms with Crippen molar-refractivity contribution in [2.45, 2.75) is 96.7 Å². The van der Waals surface area contributed by atoms with Crippen molar-refractivity contribution < 1.29 is 9.47 Å². The van der Waals surface area contributed by atoms with Crippen LogP contribution >= 0.6 is 0 Å². The molecule has 3 rings (SSSR count). The summed E-state index contributed by atoms with van der Waals surface area (Å²) in [4.78, 5) is 0. The van der Waals surface area contributed by atoms with Gasteiger partial charge in [-0.1, -0.05) is 76.6 Å². The van der Waals surface area contributed by atoms with Crippen LogP contribution in [-0.2, 0) is 9.47 Å². The Morgan fingerprint density at radius 3 is 1.93 bits per heavy atom. The highest BCUT2D eigenvalue weighted by molar-refractivity contribution is 5.26. The maximum atomic E-state index is 6.00. The lowest BCUT2D eigenvalue weighted by Crippen LogP contribution is -2.27. The fraction of sp³-hybridized carbons (Fsp3) is 0.760. The van der Waals surface area contributed by atoms with Gasteiger partial charge in [-0.25, -0.2) is 0 Å². The molecule has 0 atom stereocenters. The van der Waals surface area contributed by atoms with E-state index < -0.39 is 0 Å². The van der Waals surface area contributed by atoms with E-state index in [4.69, 9.17) is 9.47 Å². The molecule has 1 aromatic rings. The second-order valence-electron chi connectivity index (χ2n) is 8.89. The van der Waals surface area contributed by atoms with Crippen LogP contribution in [0.1, 0.15) is 108 Å². The number of unbranched alkanes of at least 4 members (excludes halogenated alkanes) is 3. The molecule has 1 aromatic carbocycles. The van der Waals surface area contributed by atoms with Crippen molar-refractivity contribution in [3.05, 3.63) is 35.4 Å². The predicted octanol–water partition coefficient (Wildman–Crippen LogP) is 7.39. The van der Waals surface area contributed by atoms with Gasteiger partial charge in [0.25, 0.3) is 0 Å². The molecule has 0 N–H and O–H groups in total. The van der Waals surface area contributed by atoms with E-state index in [0.717, 1.165) is 25.0 Å². The predicted molar refractivity (Wildman–Crippen MR) is 113 cm³/mol. The maximum Gasteiger partial charge on any atom is 0.183 e. The van der Waals surface area contributed by atoms with Crippen LogP contribution < -0.4 is 0 Å². The number of ether oxygens (including phenoxy) is 2. The van der Waals surface area contributed by atoms with E-state index >= 15 is 0 Å². The van der Waals surface area contributed by atoms with Gasteiger partial charge >= 0.3 is 0 Å². The van der Waals surface area contributed by atoms with E-state index in [9.17, 15) is 0 Å². The largest absolute Gasteiger partial charge is 0.348 e. The average molecular weight is 373 g/mol. The molecule has 0 bridgehead atoms. The minimum Gasteiger partial charge on any atom is -0.348 e. The molecule has 27 heavy (non-hydrogen) atoms. The van der Waals surface area contributed by atoms with Gasteiger partial charge in [-0.05, 0) is 49.5 Å². The highest BCUT2D eigenvalue weighted by Crippen LogP contribution is 2.38. The Balaban J connectivity index is 1.43. The van der Waals surface area contributed by atoms with E-state index in [1.54, 1.807) is 0 Å². The third kappa shape index (κ3) is 6.32. The molecule has 2 nitrogen and oxygen atoms in total. The summed E-state index contributed by atoms with van der Waals surface area (Å²) in [5, 5.41) is 0. The van der Waals surface area contributed by atoms with Crippen molar-refractivity contribution in [1.29, 1.82) is 0 Å². The first kappa shape index (κ1) is 20.9. The Labute approximate surface area is 167 Å². The van der Waals surface area contributed by atoms with Crippen molar-refractivity contribution in [3.63, 3.8) is 0 Å². The zero-order valence-electron chi connectivity index (χ0n) is 17.6. The van der Waals surface area contributed by atoms with Crippen LogP contribution in [0.25, 0.3) is 0 Å². The van der Waals surface area contributed by atoms with Crippen molar-refractivity contribution in [2.24, 2.45) is 11.8 Å². The van der Waals surface area contributed by atoms with Gasteiger partial charge in [-0.3, -0.25) is 0 Å². The summed E-state index contributed by atoms with van der Waals surface area (Å²) >= 11 is 0. The zero-order chi connectivity index (χ0) is 18.9. The Kier molecular flexibility index (Phi) is 8.67. The maximum absolute atomic E-state index is 6.00. The van der Waals surface area contributed by atoms with E-state index in [1.165, 1.54) is 81.8 Å². The molecule has 2 fully saturated rings. The van der Waals surface area contributed by atoms with Crippen LogP contribution in [-0.4, -0.2) is 13.2 Å². The van der Waals surface area contributed by atoms with Gasteiger partial charge < -0.3 is 9.47 Å². The van der Waals surface area contributed by atoms with E-state index in [-0.39, 0.29) is 6.29 Å². The molecule has 0 spiro atoms. The summed E-state index contributed by atoms with van der Waals surface area (Å²) in [5.41, 5.74) is 2.70. The van der Waals surface area contributed by atoms with Crippen LogP contribution in [0.3, 0.4) is 0 Å². The second-order valence-corrected chi connectivity index (χ2v) is 8.89. The molecule has 1 aliphatic heterocycles. The first-order chi connectivity index (χ1) is 13.3. The molecule has 1 saturated heterocycles. The Morgan fingerprint density at radius 1 is 0.704 bits per heavy atom. The molecule has 0 unspecified atom stereocenters. The zero-order valence-corrected chi connectivity index (χ0v) is 17.6. The second kappa shape index (κ2) is 11.2. The Hall–Kier alpha value is -0.860. The molecular formula is C25H40O2. The van der Waals surface area contributed by atoms with Crippen molar-refractivity contribution >= 4 is 0 Å². The summed E-state index contributed by atoms with van der Waals surface area (Å²) in [5.74, 6) is 2.32. The molecule has 2 aliphatic rings. The number of benzene rings is 1. The lowest BCUT2D eigenvalue weighted by Gasteiger charge is -2.31. The summed E-state index contributed by atoms with van der Waals surface area (Å²) in [6, 6.07) is 9.13. The van der Waals surface area contributed by atoms with E-state index in [2.05, 4.69) is 38.1 Å². The summed E-state index contributed by atoms with van der Waals surface area (Å²) in [7, 11) is 0. The third-order valence-electron chi connectivity index (χ3n) is 6.68. The molecule has 1 aliphatic carbocycles. The minimum absolute atomic E-state index is 0.161. The minimum atomic E-state index is -0.161. The standard InChI is InChI=1S/C25H40O2/c1-3-5-7-9-20-10-12-22(13-11-20)23-14-16-24(17-15-23)25-26-18-21(19-27-25)8-6-4-2/h14-17,20-22,25H,3-13,18-19H2,1-2H3. The molecule has 1 saturated carbocycles. The first-order valence-electron chi connectivity index (χ1n) is 11.6. The topological polar surface area (TPSA) is 18.5 Å². The summed E-state index contributed by atoms with van der Waals surface area (Å²) < 4.78 is 12.0. The van der Waals surface area contributed by atoms with Crippen LogP contribution in [0.4, 0.5) is 0 Å². The third-order valence-corrected chi connectivity index (χ3v) is 6.68. The molecule has 0 amide bonds. The summed E-state index contributed by atoms with van der Waals surface area (Å²) in [6.07, 6.45) is 14.8. The molecule has 1 heterocycles. The monoisotopic (exact) mass is 372 g/mol. The highest BCUT2D eigenvalue weighted by Gasteiger charge is 2.25. The number of rotatable bonds is 9. The van der Waals surface area contributed by atoms with E-state index in [1.807, 2.05) is 0 Å². The van der Waals surface area contributed by atoms with Gasteiger partial charge in [0.15, 0.2) is 6.29 Å². The van der Waals surface area contributed by atoms with Crippen LogP contribution in [0.15, 0.2) is 24.3 Å². The Morgan fingerprint density at radius 2 is 1.30 bits per heavy atom. The average Bonchev–Trinajstić information content (AvgIpc) is 2.73. The van der Waals surface area contributed by atoms with Crippen molar-refractivity contribution in [3.8, 4) is 0 Å². The van der Waals surface area contributed by atoms with Crippen molar-refractivity contribution in [2.75, 3.05) is 13.2 Å². The van der Waals surface area contributed by atoms with Gasteiger partial charge in [-0.2, -0.15) is 0 Å². The molecule has 0 radical (unpaired) electrons. The normalized spacial score (nSPS) is 29.0.